The molecule has 210 valence electrons. The lowest BCUT2D eigenvalue weighted by Gasteiger charge is -2.28. The predicted molar refractivity (Wildman–Crippen MR) is 161 cm³/mol. The van der Waals surface area contributed by atoms with Crippen molar-refractivity contribution in [3.63, 3.8) is 0 Å². The second-order valence-corrected chi connectivity index (χ2v) is 15.3. The van der Waals surface area contributed by atoms with Crippen molar-refractivity contribution in [2.75, 3.05) is 6.26 Å². The van der Waals surface area contributed by atoms with Crippen LogP contribution in [0.3, 0.4) is 0 Å². The molecule has 40 heavy (non-hydrogen) atoms. The Morgan fingerprint density at radius 3 is 1.77 bits per heavy atom. The normalized spacial score (nSPS) is 13.3. The number of rotatable bonds is 6. The zero-order chi connectivity index (χ0) is 29.6. The van der Waals surface area contributed by atoms with Crippen LogP contribution in [0, 0.1) is 10.7 Å². The molecule has 8 heteroatoms. The molecule has 1 N–H and O–H groups in total. The van der Waals surface area contributed by atoms with Gasteiger partial charge in [-0.05, 0) is 81.1 Å². The van der Waals surface area contributed by atoms with Crippen LogP contribution < -0.4 is 0 Å². The van der Waals surface area contributed by atoms with Gasteiger partial charge >= 0.3 is 0 Å². The highest BCUT2D eigenvalue weighted by molar-refractivity contribution is 7.90. The maximum atomic E-state index is 13.8. The molecule has 0 radical (unpaired) electrons. The van der Waals surface area contributed by atoms with Crippen LogP contribution in [-0.2, 0) is 20.7 Å². The van der Waals surface area contributed by atoms with Crippen LogP contribution in [0.25, 0.3) is 21.6 Å². The molecule has 0 bridgehead atoms. The molecular weight excluding hydrogens is 545 g/mol. The number of halogens is 1. The molecule has 1 heterocycles. The number of hydrogen-bond acceptors (Lipinski definition) is 6. The molecule has 1 atom stereocenters. The minimum absolute atomic E-state index is 0.205. The Bertz CT molecular complexity index is 1620. The number of nitroso groups, excluding NO2 is 1. The van der Waals surface area contributed by atoms with Gasteiger partial charge < -0.3 is 5.11 Å². The lowest BCUT2D eigenvalue weighted by molar-refractivity contribution is 0.422. The van der Waals surface area contributed by atoms with Crippen LogP contribution in [0.4, 0.5) is 4.39 Å². The molecule has 0 saturated heterocycles. The van der Waals surface area contributed by atoms with Gasteiger partial charge in [-0.1, -0.05) is 71.0 Å². The van der Waals surface area contributed by atoms with Gasteiger partial charge in [0.1, 0.15) is 11.6 Å². The Morgan fingerprint density at radius 1 is 0.825 bits per heavy atom. The standard InChI is InChI=1S/C32H34FNO4S2/c1-31(2,3)25-16-21(17-26(29(25)35)32(4,5)6)28(34-36)27-18-24(19-10-14-23(15-11-19)40(7,37)38)30(39-27)20-8-12-22(33)13-9-20/h8-18,28,35H,1-7H3. The number of thiophene rings is 1. The molecule has 0 fully saturated rings. The highest BCUT2D eigenvalue weighted by Gasteiger charge is 2.30. The van der Waals surface area contributed by atoms with Crippen LogP contribution in [0.5, 0.6) is 5.75 Å². The van der Waals surface area contributed by atoms with Crippen molar-refractivity contribution in [3.8, 4) is 27.3 Å². The first-order valence-corrected chi connectivity index (χ1v) is 15.6. The number of phenolic OH excluding ortho intramolecular Hbond substituents is 1. The minimum Gasteiger partial charge on any atom is -0.507 e. The van der Waals surface area contributed by atoms with E-state index < -0.39 is 15.9 Å². The molecule has 0 aliphatic carbocycles. The van der Waals surface area contributed by atoms with Gasteiger partial charge in [-0.3, -0.25) is 0 Å². The average molecular weight is 580 g/mol. The fourth-order valence-electron chi connectivity index (χ4n) is 4.69. The van der Waals surface area contributed by atoms with E-state index in [-0.39, 0.29) is 27.3 Å². The summed E-state index contributed by atoms with van der Waals surface area (Å²) in [6.45, 7) is 12.1. The zero-order valence-electron chi connectivity index (χ0n) is 23.7. The second-order valence-electron chi connectivity index (χ2n) is 12.2. The van der Waals surface area contributed by atoms with Crippen LogP contribution >= 0.6 is 11.3 Å². The summed E-state index contributed by atoms with van der Waals surface area (Å²) in [6, 6.07) is 17.4. The first-order chi connectivity index (χ1) is 18.5. The van der Waals surface area contributed by atoms with E-state index in [0.717, 1.165) is 39.0 Å². The van der Waals surface area contributed by atoms with Gasteiger partial charge in [0.05, 0.1) is 4.90 Å². The quantitative estimate of drug-likeness (QED) is 0.231. The zero-order valence-corrected chi connectivity index (χ0v) is 25.4. The van der Waals surface area contributed by atoms with E-state index in [1.807, 2.05) is 59.7 Å². The van der Waals surface area contributed by atoms with E-state index in [1.165, 1.54) is 23.5 Å². The van der Waals surface area contributed by atoms with Crippen molar-refractivity contribution in [2.24, 2.45) is 5.18 Å². The number of aromatic hydroxyl groups is 1. The third kappa shape index (κ3) is 6.03. The van der Waals surface area contributed by atoms with Crippen LogP contribution in [0.2, 0.25) is 0 Å². The molecular formula is C32H34FNO4S2. The van der Waals surface area contributed by atoms with Crippen LogP contribution in [0.15, 0.2) is 76.8 Å². The first-order valence-electron chi connectivity index (χ1n) is 12.9. The smallest absolute Gasteiger partial charge is 0.175 e. The average Bonchev–Trinajstić information content (AvgIpc) is 3.29. The molecule has 0 amide bonds. The molecule has 5 nitrogen and oxygen atoms in total. The van der Waals surface area contributed by atoms with Gasteiger partial charge in [-0.15, -0.1) is 16.2 Å². The third-order valence-corrected chi connectivity index (χ3v) is 9.25. The summed E-state index contributed by atoms with van der Waals surface area (Å²) in [4.78, 5) is 14.2. The van der Waals surface area contributed by atoms with E-state index in [9.17, 15) is 22.8 Å². The van der Waals surface area contributed by atoms with Crippen molar-refractivity contribution in [1.82, 2.24) is 0 Å². The van der Waals surface area contributed by atoms with Crippen molar-refractivity contribution in [2.45, 2.75) is 63.3 Å². The lowest BCUT2D eigenvalue weighted by Crippen LogP contribution is -2.18. The van der Waals surface area contributed by atoms with Gasteiger partial charge in [0.25, 0.3) is 0 Å². The summed E-state index contributed by atoms with van der Waals surface area (Å²) in [5, 5.41) is 14.7. The Balaban J connectivity index is 1.94. The molecule has 0 spiro atoms. The van der Waals surface area contributed by atoms with E-state index in [0.29, 0.717) is 10.4 Å². The van der Waals surface area contributed by atoms with E-state index in [1.54, 1.807) is 36.4 Å². The maximum absolute atomic E-state index is 13.8. The number of benzene rings is 3. The van der Waals surface area contributed by atoms with Gasteiger partial charge in [0, 0.05) is 21.6 Å². The Kier molecular flexibility index (Phi) is 7.82. The molecule has 0 saturated carbocycles. The Morgan fingerprint density at radius 2 is 1.32 bits per heavy atom. The fourth-order valence-corrected chi connectivity index (χ4v) is 6.57. The van der Waals surface area contributed by atoms with E-state index in [2.05, 4.69) is 5.18 Å². The van der Waals surface area contributed by atoms with Gasteiger partial charge in [-0.25, -0.2) is 12.8 Å². The predicted octanol–water partition coefficient (Wildman–Crippen LogP) is 8.78. The Hall–Kier alpha value is -3.36. The van der Waals surface area contributed by atoms with Gasteiger partial charge in [-0.2, -0.15) is 0 Å². The minimum atomic E-state index is -3.37. The molecule has 0 aliphatic heterocycles. The Labute approximate surface area is 239 Å². The largest absolute Gasteiger partial charge is 0.507 e. The molecule has 3 aromatic carbocycles. The summed E-state index contributed by atoms with van der Waals surface area (Å²) < 4.78 is 37.8. The molecule has 1 aromatic heterocycles. The SMILES string of the molecule is CC(C)(C)c1cc(C(N=O)c2cc(-c3ccc(S(C)(=O)=O)cc3)c(-c3ccc(F)cc3)s2)cc(C(C)(C)C)c1O. The van der Waals surface area contributed by atoms with E-state index in [4.69, 9.17) is 0 Å². The number of nitrogens with zero attached hydrogens (tertiary/aromatic N) is 1. The monoisotopic (exact) mass is 579 g/mol. The van der Waals surface area contributed by atoms with Gasteiger partial charge in [0.15, 0.2) is 15.9 Å². The first kappa shape index (κ1) is 29.6. The van der Waals surface area contributed by atoms with Crippen molar-refractivity contribution in [1.29, 1.82) is 0 Å². The summed E-state index contributed by atoms with van der Waals surface area (Å²) in [5.41, 5.74) is 3.69. The van der Waals surface area contributed by atoms with Crippen LogP contribution in [0.1, 0.15) is 69.2 Å². The number of phenols is 1. The fraction of sp³-hybridized carbons (Fsp3) is 0.312. The lowest BCUT2D eigenvalue weighted by atomic mass is 9.77. The van der Waals surface area contributed by atoms with Crippen molar-refractivity contribution < 1.29 is 17.9 Å². The maximum Gasteiger partial charge on any atom is 0.175 e. The molecule has 4 aromatic rings. The molecule has 4 rings (SSSR count). The number of sulfone groups is 1. The molecule has 0 aliphatic rings. The van der Waals surface area contributed by atoms with Crippen molar-refractivity contribution in [3.05, 3.63) is 99.0 Å². The summed E-state index contributed by atoms with van der Waals surface area (Å²) >= 11 is 1.38. The van der Waals surface area contributed by atoms with Gasteiger partial charge in [0.2, 0.25) is 0 Å². The summed E-state index contributed by atoms with van der Waals surface area (Å²) in [5.74, 6) is -0.140. The topological polar surface area (TPSA) is 83.8 Å². The summed E-state index contributed by atoms with van der Waals surface area (Å²) in [6.07, 6.45) is 1.16. The number of hydrogen-bond donors (Lipinski definition) is 1. The van der Waals surface area contributed by atoms with E-state index >= 15 is 0 Å². The summed E-state index contributed by atoms with van der Waals surface area (Å²) in [7, 11) is -3.37. The highest BCUT2D eigenvalue weighted by Crippen LogP contribution is 2.47. The molecule has 1 unspecified atom stereocenters. The second kappa shape index (κ2) is 10.6. The van der Waals surface area contributed by atoms with Crippen LogP contribution in [-0.4, -0.2) is 19.8 Å². The van der Waals surface area contributed by atoms with Crippen molar-refractivity contribution >= 4 is 21.2 Å². The highest BCUT2D eigenvalue weighted by atomic mass is 32.2. The third-order valence-electron chi connectivity index (χ3n) is 6.89.